The number of halogens is 1. The molecule has 1 aliphatic rings. The summed E-state index contributed by atoms with van der Waals surface area (Å²) in [4.78, 5) is 0. The summed E-state index contributed by atoms with van der Waals surface area (Å²) in [6, 6.07) is 4.31. The van der Waals surface area contributed by atoms with Gasteiger partial charge in [-0.3, -0.25) is 0 Å². The van der Waals surface area contributed by atoms with Crippen LogP contribution in [-0.4, -0.2) is 26.8 Å². The Labute approximate surface area is 107 Å². The number of rotatable bonds is 4. The fourth-order valence-electron chi connectivity index (χ4n) is 2.32. The largest absolute Gasteiger partial charge is 0.497 e. The van der Waals surface area contributed by atoms with Crippen molar-refractivity contribution in [1.29, 1.82) is 0 Å². The van der Waals surface area contributed by atoms with E-state index in [9.17, 15) is 0 Å². The van der Waals surface area contributed by atoms with Gasteiger partial charge in [-0.25, -0.2) is 0 Å². The predicted molar refractivity (Wildman–Crippen MR) is 69.3 cm³/mol. The molecule has 3 nitrogen and oxygen atoms in total. The lowest BCUT2D eigenvalue weighted by atomic mass is 10.0. The van der Waals surface area contributed by atoms with Crippen LogP contribution in [0, 0.1) is 0 Å². The minimum atomic E-state index is 0.520. The number of hydrogen-bond donors (Lipinski definition) is 1. The van der Waals surface area contributed by atoms with Gasteiger partial charge in [0, 0.05) is 17.7 Å². The van der Waals surface area contributed by atoms with Crippen molar-refractivity contribution in [2.24, 2.45) is 0 Å². The molecule has 1 saturated heterocycles. The minimum Gasteiger partial charge on any atom is -0.497 e. The van der Waals surface area contributed by atoms with Gasteiger partial charge in [0.25, 0.3) is 0 Å². The smallest absolute Gasteiger partial charge is 0.140 e. The van der Waals surface area contributed by atoms with Crippen molar-refractivity contribution >= 4 is 11.6 Å². The highest BCUT2D eigenvalue weighted by atomic mass is 35.5. The maximum atomic E-state index is 6.17. The molecule has 0 aliphatic carbocycles. The molecule has 0 aromatic heterocycles. The molecule has 2 rings (SSSR count). The molecule has 1 unspecified atom stereocenters. The Morgan fingerprint density at radius 1 is 1.35 bits per heavy atom. The molecule has 4 heteroatoms. The molecule has 1 aromatic carbocycles. The lowest BCUT2D eigenvalue weighted by molar-refractivity contribution is 0.396. The van der Waals surface area contributed by atoms with Crippen molar-refractivity contribution in [2.75, 3.05) is 20.8 Å². The SMILES string of the molecule is COc1cc(Cl)c(OC)c(CC2CCCN2)c1. The fourth-order valence-corrected chi connectivity index (χ4v) is 2.62. The summed E-state index contributed by atoms with van der Waals surface area (Å²) in [5.41, 5.74) is 1.11. The topological polar surface area (TPSA) is 30.5 Å². The van der Waals surface area contributed by atoms with Crippen molar-refractivity contribution < 1.29 is 9.47 Å². The molecule has 1 aromatic rings. The fraction of sp³-hybridized carbons (Fsp3) is 0.538. The van der Waals surface area contributed by atoms with Crippen LogP contribution in [0.4, 0.5) is 0 Å². The van der Waals surface area contributed by atoms with E-state index in [1.54, 1.807) is 20.3 Å². The van der Waals surface area contributed by atoms with Gasteiger partial charge in [0.15, 0.2) is 0 Å². The molecule has 1 fully saturated rings. The van der Waals surface area contributed by atoms with Crippen molar-refractivity contribution in [3.8, 4) is 11.5 Å². The average molecular weight is 256 g/mol. The van der Waals surface area contributed by atoms with Gasteiger partial charge in [0.1, 0.15) is 11.5 Å². The van der Waals surface area contributed by atoms with Crippen LogP contribution in [-0.2, 0) is 6.42 Å². The van der Waals surface area contributed by atoms with Gasteiger partial charge in [0.2, 0.25) is 0 Å². The molecule has 0 spiro atoms. The summed E-state index contributed by atoms with van der Waals surface area (Å²) in [5.74, 6) is 1.55. The van der Waals surface area contributed by atoms with E-state index in [4.69, 9.17) is 21.1 Å². The standard InChI is InChI=1S/C13H18ClNO2/c1-16-11-7-9(6-10-4-3-5-15-10)13(17-2)12(14)8-11/h7-8,10,15H,3-6H2,1-2H3. The minimum absolute atomic E-state index is 0.520. The first-order chi connectivity index (χ1) is 8.24. The van der Waals surface area contributed by atoms with Gasteiger partial charge in [-0.15, -0.1) is 0 Å². The quantitative estimate of drug-likeness (QED) is 0.897. The van der Waals surface area contributed by atoms with Crippen LogP contribution >= 0.6 is 11.6 Å². The normalized spacial score (nSPS) is 19.4. The first-order valence-corrected chi connectivity index (χ1v) is 6.26. The zero-order chi connectivity index (χ0) is 12.3. The van der Waals surface area contributed by atoms with E-state index in [1.165, 1.54) is 12.8 Å². The van der Waals surface area contributed by atoms with Gasteiger partial charge >= 0.3 is 0 Å². The third-order valence-corrected chi connectivity index (χ3v) is 3.44. The second-order valence-electron chi connectivity index (χ2n) is 4.30. The molecule has 1 heterocycles. The highest BCUT2D eigenvalue weighted by Crippen LogP contribution is 2.34. The lowest BCUT2D eigenvalue weighted by Crippen LogP contribution is -2.23. The van der Waals surface area contributed by atoms with Crippen molar-refractivity contribution in [1.82, 2.24) is 5.32 Å². The Morgan fingerprint density at radius 3 is 2.76 bits per heavy atom. The van der Waals surface area contributed by atoms with E-state index < -0.39 is 0 Å². The van der Waals surface area contributed by atoms with E-state index >= 15 is 0 Å². The molecule has 17 heavy (non-hydrogen) atoms. The molecule has 1 N–H and O–H groups in total. The van der Waals surface area contributed by atoms with Gasteiger partial charge in [-0.2, -0.15) is 0 Å². The highest BCUT2D eigenvalue weighted by molar-refractivity contribution is 6.32. The maximum absolute atomic E-state index is 6.17. The van der Waals surface area contributed by atoms with E-state index in [1.807, 2.05) is 6.07 Å². The van der Waals surface area contributed by atoms with E-state index in [0.717, 1.165) is 30.0 Å². The Kier molecular flexibility index (Phi) is 4.13. The zero-order valence-corrected chi connectivity index (χ0v) is 11.0. The monoisotopic (exact) mass is 255 g/mol. The lowest BCUT2D eigenvalue weighted by Gasteiger charge is -2.15. The van der Waals surface area contributed by atoms with Gasteiger partial charge in [0.05, 0.1) is 19.2 Å². The molecule has 0 saturated carbocycles. The Balaban J connectivity index is 2.25. The van der Waals surface area contributed by atoms with Gasteiger partial charge < -0.3 is 14.8 Å². The number of ether oxygens (including phenoxy) is 2. The summed E-state index contributed by atoms with van der Waals surface area (Å²) in [7, 11) is 3.30. The number of nitrogens with one attached hydrogen (secondary N) is 1. The number of benzene rings is 1. The molecule has 1 atom stereocenters. The van der Waals surface area contributed by atoms with E-state index in [0.29, 0.717) is 11.1 Å². The van der Waals surface area contributed by atoms with Crippen molar-refractivity contribution in [2.45, 2.75) is 25.3 Å². The first-order valence-electron chi connectivity index (χ1n) is 5.88. The Hall–Kier alpha value is -0.930. The van der Waals surface area contributed by atoms with Gasteiger partial charge in [-0.05, 0) is 31.9 Å². The Morgan fingerprint density at radius 2 is 2.18 bits per heavy atom. The predicted octanol–water partition coefficient (Wildman–Crippen LogP) is 2.65. The summed E-state index contributed by atoms with van der Waals surface area (Å²) < 4.78 is 10.6. The van der Waals surface area contributed by atoms with Crippen LogP contribution in [0.2, 0.25) is 5.02 Å². The van der Waals surface area contributed by atoms with Gasteiger partial charge in [-0.1, -0.05) is 11.6 Å². The molecular weight excluding hydrogens is 238 g/mol. The average Bonchev–Trinajstić information content (AvgIpc) is 2.81. The number of hydrogen-bond acceptors (Lipinski definition) is 3. The summed E-state index contributed by atoms with van der Waals surface area (Å²) >= 11 is 6.17. The van der Waals surface area contributed by atoms with Crippen molar-refractivity contribution in [3.05, 3.63) is 22.7 Å². The summed E-state index contributed by atoms with van der Waals surface area (Å²) in [6.45, 7) is 1.10. The first kappa shape index (κ1) is 12.5. The number of methoxy groups -OCH3 is 2. The highest BCUT2D eigenvalue weighted by Gasteiger charge is 2.18. The third kappa shape index (κ3) is 2.85. The third-order valence-electron chi connectivity index (χ3n) is 3.16. The molecule has 0 bridgehead atoms. The van der Waals surface area contributed by atoms with Crippen LogP contribution in [0.25, 0.3) is 0 Å². The van der Waals surface area contributed by atoms with E-state index in [-0.39, 0.29) is 0 Å². The van der Waals surface area contributed by atoms with E-state index in [2.05, 4.69) is 5.32 Å². The second-order valence-corrected chi connectivity index (χ2v) is 4.71. The maximum Gasteiger partial charge on any atom is 0.140 e. The van der Waals surface area contributed by atoms with Crippen LogP contribution in [0.15, 0.2) is 12.1 Å². The zero-order valence-electron chi connectivity index (χ0n) is 10.3. The van der Waals surface area contributed by atoms with Crippen LogP contribution in [0.1, 0.15) is 18.4 Å². The summed E-state index contributed by atoms with van der Waals surface area (Å²) in [5, 5.41) is 4.08. The van der Waals surface area contributed by atoms with Crippen molar-refractivity contribution in [3.63, 3.8) is 0 Å². The Bertz CT molecular complexity index is 389. The van der Waals surface area contributed by atoms with Crippen LogP contribution in [0.5, 0.6) is 11.5 Å². The molecule has 94 valence electrons. The van der Waals surface area contributed by atoms with Crippen LogP contribution < -0.4 is 14.8 Å². The molecule has 0 radical (unpaired) electrons. The second kappa shape index (κ2) is 5.61. The molecule has 0 amide bonds. The van der Waals surface area contributed by atoms with Crippen LogP contribution in [0.3, 0.4) is 0 Å². The molecular formula is C13H18ClNO2. The summed E-state index contributed by atoms with van der Waals surface area (Å²) in [6.07, 6.45) is 3.38. The molecule has 1 aliphatic heterocycles.